The minimum atomic E-state index is -0.383. The topological polar surface area (TPSA) is 38.1 Å². The highest BCUT2D eigenvalue weighted by Crippen LogP contribution is 2.34. The monoisotopic (exact) mass is 437 g/mol. The Morgan fingerprint density at radius 2 is 1.77 bits per heavy atom. The van der Waals surface area contributed by atoms with Crippen LogP contribution in [0.5, 0.6) is 0 Å². The summed E-state index contributed by atoms with van der Waals surface area (Å²) in [7, 11) is 0. The molecular weight excluding hydrogens is 420 g/mol. The summed E-state index contributed by atoms with van der Waals surface area (Å²) in [5.41, 5.74) is 2.66. The third kappa shape index (κ3) is 3.57. The fraction of sp³-hybridized carbons (Fsp3) is 0.167. The Bertz CT molecular complexity index is 1270. The first-order valence-electron chi connectivity index (χ1n) is 9.95. The number of hydrogen-bond donors (Lipinski definition) is 0. The standard InChI is InChI=1S/C24H18ClF2N3O/c25-19-4-3-5-20(27)18(19)14-30-22-7-2-1-6-21(22)28-24(30)15-12-23(31)29(13-15)17-10-8-16(26)9-11-17/h1-11,15H,12-14H2/t15-/m0/s1. The van der Waals surface area contributed by atoms with Crippen LogP contribution in [0.3, 0.4) is 0 Å². The fourth-order valence-electron chi connectivity index (χ4n) is 4.16. The molecule has 0 spiro atoms. The molecule has 0 aliphatic carbocycles. The van der Waals surface area contributed by atoms with Crippen molar-refractivity contribution in [3.8, 4) is 0 Å². The second kappa shape index (κ2) is 7.78. The van der Waals surface area contributed by atoms with Gasteiger partial charge in [0.1, 0.15) is 17.5 Å². The lowest BCUT2D eigenvalue weighted by atomic mass is 10.1. The molecule has 5 rings (SSSR count). The third-order valence-electron chi connectivity index (χ3n) is 5.69. The molecule has 1 aliphatic rings. The molecule has 31 heavy (non-hydrogen) atoms. The average Bonchev–Trinajstić information content (AvgIpc) is 3.32. The third-order valence-corrected chi connectivity index (χ3v) is 6.04. The molecule has 0 radical (unpaired) electrons. The summed E-state index contributed by atoms with van der Waals surface area (Å²) in [5, 5.41) is 0.346. The van der Waals surface area contributed by atoms with Crippen LogP contribution in [0.25, 0.3) is 11.0 Å². The second-order valence-electron chi connectivity index (χ2n) is 7.63. The lowest BCUT2D eigenvalue weighted by molar-refractivity contribution is -0.117. The summed E-state index contributed by atoms with van der Waals surface area (Å²) in [4.78, 5) is 19.2. The van der Waals surface area contributed by atoms with E-state index in [1.54, 1.807) is 29.2 Å². The summed E-state index contributed by atoms with van der Waals surface area (Å²) in [6.07, 6.45) is 0.270. The molecular formula is C24H18ClF2N3O. The van der Waals surface area contributed by atoms with E-state index in [1.807, 2.05) is 28.8 Å². The minimum absolute atomic E-state index is 0.0564. The molecule has 1 aromatic heterocycles. The van der Waals surface area contributed by atoms with Crippen molar-refractivity contribution in [3.05, 3.63) is 94.8 Å². The molecule has 0 unspecified atom stereocenters. The molecule has 7 heteroatoms. The van der Waals surface area contributed by atoms with E-state index in [0.717, 1.165) is 11.0 Å². The lowest BCUT2D eigenvalue weighted by Gasteiger charge is -2.18. The van der Waals surface area contributed by atoms with Crippen molar-refractivity contribution >= 4 is 34.2 Å². The molecule has 1 saturated heterocycles. The fourth-order valence-corrected chi connectivity index (χ4v) is 4.39. The van der Waals surface area contributed by atoms with Gasteiger partial charge in [-0.2, -0.15) is 0 Å². The first kappa shape index (κ1) is 19.7. The number of hydrogen-bond acceptors (Lipinski definition) is 2. The van der Waals surface area contributed by atoms with Crippen molar-refractivity contribution in [1.29, 1.82) is 0 Å². The van der Waals surface area contributed by atoms with Gasteiger partial charge in [0, 0.05) is 35.2 Å². The van der Waals surface area contributed by atoms with Crippen LogP contribution < -0.4 is 4.90 Å². The Balaban J connectivity index is 1.55. The molecule has 3 aromatic carbocycles. The number of nitrogens with zero attached hydrogens (tertiary/aromatic N) is 3. The van der Waals surface area contributed by atoms with Crippen LogP contribution in [-0.4, -0.2) is 22.0 Å². The van der Waals surface area contributed by atoms with Crippen LogP contribution in [-0.2, 0) is 11.3 Å². The molecule has 1 atom stereocenters. The molecule has 0 saturated carbocycles. The van der Waals surface area contributed by atoms with Crippen molar-refractivity contribution < 1.29 is 13.6 Å². The maximum absolute atomic E-state index is 14.5. The number of fused-ring (bicyclic) bond motifs is 1. The maximum Gasteiger partial charge on any atom is 0.227 e. The van der Waals surface area contributed by atoms with Gasteiger partial charge in [0.25, 0.3) is 0 Å². The van der Waals surface area contributed by atoms with E-state index in [0.29, 0.717) is 28.6 Å². The summed E-state index contributed by atoms with van der Waals surface area (Å²) in [6.45, 7) is 0.626. The molecule has 0 N–H and O–H groups in total. The van der Waals surface area contributed by atoms with E-state index in [2.05, 4.69) is 0 Å². The summed E-state index contributed by atoms with van der Waals surface area (Å²) in [6, 6.07) is 18.1. The van der Waals surface area contributed by atoms with E-state index >= 15 is 0 Å². The van der Waals surface area contributed by atoms with Crippen LogP contribution in [0.2, 0.25) is 5.02 Å². The molecule has 4 aromatic rings. The smallest absolute Gasteiger partial charge is 0.227 e. The van der Waals surface area contributed by atoms with Gasteiger partial charge in [0.05, 0.1) is 17.6 Å². The van der Waals surface area contributed by atoms with Crippen LogP contribution in [0.4, 0.5) is 14.5 Å². The van der Waals surface area contributed by atoms with Crippen molar-refractivity contribution in [1.82, 2.24) is 9.55 Å². The minimum Gasteiger partial charge on any atom is -0.323 e. The van der Waals surface area contributed by atoms with Gasteiger partial charge in [-0.3, -0.25) is 4.79 Å². The van der Waals surface area contributed by atoms with Gasteiger partial charge in [0.15, 0.2) is 0 Å². The highest BCUT2D eigenvalue weighted by molar-refractivity contribution is 6.31. The first-order chi connectivity index (χ1) is 15.0. The highest BCUT2D eigenvalue weighted by Gasteiger charge is 2.35. The van der Waals surface area contributed by atoms with Gasteiger partial charge in [0.2, 0.25) is 5.91 Å². The average molecular weight is 438 g/mol. The number of amides is 1. The van der Waals surface area contributed by atoms with Gasteiger partial charge < -0.3 is 9.47 Å². The summed E-state index contributed by atoms with van der Waals surface area (Å²) in [5.74, 6) is -0.268. The second-order valence-corrected chi connectivity index (χ2v) is 8.03. The molecule has 1 aliphatic heterocycles. The Morgan fingerprint density at radius 1 is 1.00 bits per heavy atom. The number of para-hydroxylation sites is 2. The van der Waals surface area contributed by atoms with Gasteiger partial charge in [-0.25, -0.2) is 13.8 Å². The van der Waals surface area contributed by atoms with E-state index in [-0.39, 0.29) is 36.4 Å². The highest BCUT2D eigenvalue weighted by atomic mass is 35.5. The lowest BCUT2D eigenvalue weighted by Crippen LogP contribution is -2.24. The van der Waals surface area contributed by atoms with Crippen LogP contribution >= 0.6 is 11.6 Å². The van der Waals surface area contributed by atoms with Crippen LogP contribution in [0, 0.1) is 11.6 Å². The Labute approximate surface area is 182 Å². The summed E-state index contributed by atoms with van der Waals surface area (Å²) < 4.78 is 29.8. The Hall–Kier alpha value is -3.25. The largest absolute Gasteiger partial charge is 0.323 e. The number of carbonyl (C=O) groups excluding carboxylic acids is 1. The van der Waals surface area contributed by atoms with Crippen molar-refractivity contribution in [2.45, 2.75) is 18.9 Å². The predicted octanol–water partition coefficient (Wildman–Crippen LogP) is 5.54. The SMILES string of the molecule is O=C1C[C@H](c2nc3ccccc3n2Cc2c(F)cccc2Cl)CN1c1ccc(F)cc1. The van der Waals surface area contributed by atoms with Gasteiger partial charge in [-0.05, 0) is 48.5 Å². The predicted molar refractivity (Wildman–Crippen MR) is 116 cm³/mol. The van der Waals surface area contributed by atoms with Crippen molar-refractivity contribution in [2.75, 3.05) is 11.4 Å². The Morgan fingerprint density at radius 3 is 2.55 bits per heavy atom. The van der Waals surface area contributed by atoms with E-state index in [1.165, 1.54) is 18.2 Å². The first-order valence-corrected chi connectivity index (χ1v) is 10.3. The molecule has 4 nitrogen and oxygen atoms in total. The maximum atomic E-state index is 14.5. The number of imidazole rings is 1. The Kier molecular flexibility index (Phi) is 4.94. The normalized spacial score (nSPS) is 16.4. The van der Waals surface area contributed by atoms with Crippen LogP contribution in [0.15, 0.2) is 66.7 Å². The molecule has 156 valence electrons. The number of aromatic nitrogens is 2. The quantitative estimate of drug-likeness (QED) is 0.420. The summed E-state index contributed by atoms with van der Waals surface area (Å²) >= 11 is 6.28. The van der Waals surface area contributed by atoms with Gasteiger partial charge >= 0.3 is 0 Å². The zero-order valence-corrected chi connectivity index (χ0v) is 17.2. The molecule has 1 fully saturated rings. The van der Waals surface area contributed by atoms with Gasteiger partial charge in [-0.1, -0.05) is 29.8 Å². The van der Waals surface area contributed by atoms with E-state index in [9.17, 15) is 13.6 Å². The number of halogens is 3. The van der Waals surface area contributed by atoms with Gasteiger partial charge in [-0.15, -0.1) is 0 Å². The zero-order valence-electron chi connectivity index (χ0n) is 16.4. The molecule has 1 amide bonds. The van der Waals surface area contributed by atoms with E-state index < -0.39 is 0 Å². The molecule has 2 heterocycles. The number of rotatable bonds is 4. The van der Waals surface area contributed by atoms with Crippen molar-refractivity contribution in [3.63, 3.8) is 0 Å². The van der Waals surface area contributed by atoms with Crippen LogP contribution in [0.1, 0.15) is 23.7 Å². The number of anilines is 1. The number of benzene rings is 3. The number of carbonyl (C=O) groups is 1. The van der Waals surface area contributed by atoms with Crippen molar-refractivity contribution in [2.24, 2.45) is 0 Å². The van der Waals surface area contributed by atoms with E-state index in [4.69, 9.17) is 16.6 Å². The zero-order chi connectivity index (χ0) is 21.5. The molecule has 0 bridgehead atoms.